The number of nitrogens with zero attached hydrogens (tertiary/aromatic N) is 2. The number of thioether (sulfide) groups is 1. The molecule has 1 aromatic carbocycles. The van der Waals surface area contributed by atoms with Crippen LogP contribution in [0.1, 0.15) is 25.3 Å². The standard InChI is InChI=1S/C17H28N4S/c1-17(10-5-11-22-17)13-20-16(18-2)19-12-14-6-8-15(9-7-14)21(3)4/h6-9H,5,10-13H2,1-4H3,(H2,18,19,20). The van der Waals surface area contributed by atoms with Gasteiger partial charge in [-0.25, -0.2) is 0 Å². The molecule has 122 valence electrons. The Labute approximate surface area is 138 Å². The molecule has 1 heterocycles. The van der Waals surface area contributed by atoms with Gasteiger partial charge in [0.2, 0.25) is 0 Å². The quantitative estimate of drug-likeness (QED) is 0.646. The van der Waals surface area contributed by atoms with Gasteiger partial charge in [0.25, 0.3) is 0 Å². The van der Waals surface area contributed by atoms with Crippen LogP contribution in [0.25, 0.3) is 0 Å². The molecular formula is C17H28N4S. The zero-order valence-electron chi connectivity index (χ0n) is 14.1. The average molecular weight is 321 g/mol. The summed E-state index contributed by atoms with van der Waals surface area (Å²) in [5.41, 5.74) is 2.48. The van der Waals surface area contributed by atoms with Crippen molar-refractivity contribution >= 4 is 23.4 Å². The lowest BCUT2D eigenvalue weighted by molar-refractivity contribution is 0.584. The molecule has 4 nitrogen and oxygen atoms in total. The van der Waals surface area contributed by atoms with Gasteiger partial charge >= 0.3 is 0 Å². The van der Waals surface area contributed by atoms with Crippen LogP contribution in [0.15, 0.2) is 29.3 Å². The normalized spacial score (nSPS) is 21.7. The van der Waals surface area contributed by atoms with Gasteiger partial charge in [0, 0.05) is 44.7 Å². The highest BCUT2D eigenvalue weighted by Crippen LogP contribution is 2.36. The molecule has 1 atom stereocenters. The van der Waals surface area contributed by atoms with Crippen LogP contribution < -0.4 is 15.5 Å². The first-order valence-electron chi connectivity index (χ1n) is 7.87. The van der Waals surface area contributed by atoms with Gasteiger partial charge in [0.05, 0.1) is 0 Å². The summed E-state index contributed by atoms with van der Waals surface area (Å²) in [6.07, 6.45) is 2.61. The summed E-state index contributed by atoms with van der Waals surface area (Å²) in [5, 5.41) is 6.85. The minimum atomic E-state index is 0.352. The summed E-state index contributed by atoms with van der Waals surface area (Å²) in [5.74, 6) is 2.16. The largest absolute Gasteiger partial charge is 0.378 e. The number of rotatable bonds is 5. The van der Waals surface area contributed by atoms with Gasteiger partial charge in [-0.1, -0.05) is 12.1 Å². The average Bonchev–Trinajstić information content (AvgIpc) is 2.95. The minimum Gasteiger partial charge on any atom is -0.378 e. The molecule has 2 N–H and O–H groups in total. The van der Waals surface area contributed by atoms with Crippen LogP contribution >= 0.6 is 11.8 Å². The highest BCUT2D eigenvalue weighted by atomic mass is 32.2. The van der Waals surface area contributed by atoms with E-state index < -0.39 is 0 Å². The molecule has 0 aromatic heterocycles. The molecule has 1 aliphatic rings. The first kappa shape index (κ1) is 17.0. The lowest BCUT2D eigenvalue weighted by Crippen LogP contribution is -2.43. The third-order valence-electron chi connectivity index (χ3n) is 4.07. The topological polar surface area (TPSA) is 39.7 Å². The Morgan fingerprint density at radius 2 is 2.00 bits per heavy atom. The second-order valence-electron chi connectivity index (χ2n) is 6.24. The summed E-state index contributed by atoms with van der Waals surface area (Å²) in [6, 6.07) is 8.60. The molecule has 22 heavy (non-hydrogen) atoms. The van der Waals surface area contributed by atoms with Gasteiger partial charge in [-0.3, -0.25) is 4.99 Å². The van der Waals surface area contributed by atoms with Gasteiger partial charge in [0.1, 0.15) is 0 Å². The van der Waals surface area contributed by atoms with Crippen molar-refractivity contribution in [1.82, 2.24) is 10.6 Å². The predicted molar refractivity (Wildman–Crippen MR) is 99.1 cm³/mol. The molecule has 1 aliphatic heterocycles. The van der Waals surface area contributed by atoms with Gasteiger partial charge in [-0.2, -0.15) is 11.8 Å². The highest BCUT2D eigenvalue weighted by Gasteiger charge is 2.29. The van der Waals surface area contributed by atoms with E-state index in [4.69, 9.17) is 0 Å². The van der Waals surface area contributed by atoms with E-state index in [0.29, 0.717) is 4.75 Å². The van der Waals surface area contributed by atoms with Gasteiger partial charge in [0.15, 0.2) is 5.96 Å². The molecule has 1 saturated heterocycles. The number of hydrogen-bond acceptors (Lipinski definition) is 3. The summed E-state index contributed by atoms with van der Waals surface area (Å²) >= 11 is 2.07. The van der Waals surface area contributed by atoms with Gasteiger partial charge < -0.3 is 15.5 Å². The fourth-order valence-corrected chi connectivity index (χ4v) is 3.81. The number of guanidine groups is 1. The van der Waals surface area contributed by atoms with Crippen molar-refractivity contribution in [3.8, 4) is 0 Å². The zero-order valence-corrected chi connectivity index (χ0v) is 15.0. The smallest absolute Gasteiger partial charge is 0.191 e. The molecule has 2 rings (SSSR count). The van der Waals surface area contributed by atoms with Crippen molar-refractivity contribution in [1.29, 1.82) is 0 Å². The molecular weight excluding hydrogens is 292 g/mol. The molecule has 1 fully saturated rings. The van der Waals surface area contributed by atoms with E-state index in [2.05, 4.69) is 77.6 Å². The number of hydrogen-bond donors (Lipinski definition) is 2. The fourth-order valence-electron chi connectivity index (χ4n) is 2.57. The van der Waals surface area contributed by atoms with E-state index in [1.54, 1.807) is 0 Å². The molecule has 0 saturated carbocycles. The van der Waals surface area contributed by atoms with E-state index in [-0.39, 0.29) is 0 Å². The monoisotopic (exact) mass is 320 g/mol. The number of aliphatic imine (C=N–C) groups is 1. The number of nitrogens with one attached hydrogen (secondary N) is 2. The van der Waals surface area contributed by atoms with E-state index in [0.717, 1.165) is 19.0 Å². The number of anilines is 1. The lowest BCUT2D eigenvalue weighted by Gasteiger charge is -2.24. The van der Waals surface area contributed by atoms with Crippen molar-refractivity contribution in [3.05, 3.63) is 29.8 Å². The second-order valence-corrected chi connectivity index (χ2v) is 7.92. The van der Waals surface area contributed by atoms with Crippen LogP contribution in [-0.4, -0.2) is 44.1 Å². The van der Waals surface area contributed by atoms with Crippen LogP contribution in [0.4, 0.5) is 5.69 Å². The maximum absolute atomic E-state index is 4.32. The summed E-state index contributed by atoms with van der Waals surface area (Å²) in [7, 11) is 5.94. The lowest BCUT2D eigenvalue weighted by atomic mass is 10.1. The van der Waals surface area contributed by atoms with Crippen molar-refractivity contribution in [2.45, 2.75) is 31.1 Å². The molecule has 1 unspecified atom stereocenters. The Kier molecular flexibility index (Phi) is 6.00. The van der Waals surface area contributed by atoms with Crippen molar-refractivity contribution in [2.75, 3.05) is 38.3 Å². The Morgan fingerprint density at radius 3 is 2.55 bits per heavy atom. The van der Waals surface area contributed by atoms with E-state index in [9.17, 15) is 0 Å². The summed E-state index contributed by atoms with van der Waals surface area (Å²) < 4.78 is 0.352. The zero-order chi connectivity index (χ0) is 16.0. The maximum atomic E-state index is 4.32. The third-order valence-corrected chi connectivity index (χ3v) is 5.60. The third kappa shape index (κ3) is 4.83. The summed E-state index contributed by atoms with van der Waals surface area (Å²) in [6.45, 7) is 4.10. The molecule has 5 heteroatoms. The molecule has 0 bridgehead atoms. The summed E-state index contributed by atoms with van der Waals surface area (Å²) in [4.78, 5) is 6.43. The highest BCUT2D eigenvalue weighted by molar-refractivity contribution is 8.00. The Bertz CT molecular complexity index is 490. The predicted octanol–water partition coefficient (Wildman–Crippen LogP) is 2.70. The first-order chi connectivity index (χ1) is 10.5. The molecule has 1 aromatic rings. The Hall–Kier alpha value is -1.36. The van der Waals surface area contributed by atoms with Gasteiger partial charge in [-0.15, -0.1) is 0 Å². The molecule has 0 spiro atoms. The Morgan fingerprint density at radius 1 is 1.27 bits per heavy atom. The molecule has 0 amide bonds. The van der Waals surface area contributed by atoms with E-state index in [1.807, 2.05) is 7.05 Å². The van der Waals surface area contributed by atoms with Crippen molar-refractivity contribution < 1.29 is 0 Å². The van der Waals surface area contributed by atoms with E-state index >= 15 is 0 Å². The van der Waals surface area contributed by atoms with Crippen LogP contribution in [0.2, 0.25) is 0 Å². The van der Waals surface area contributed by atoms with Crippen LogP contribution in [0, 0.1) is 0 Å². The molecule has 0 aliphatic carbocycles. The maximum Gasteiger partial charge on any atom is 0.191 e. The Balaban J connectivity index is 1.80. The van der Waals surface area contributed by atoms with Crippen molar-refractivity contribution in [3.63, 3.8) is 0 Å². The van der Waals surface area contributed by atoms with Gasteiger partial charge in [-0.05, 0) is 43.2 Å². The second kappa shape index (κ2) is 7.77. The first-order valence-corrected chi connectivity index (χ1v) is 8.86. The van der Waals surface area contributed by atoms with Crippen LogP contribution in [0.5, 0.6) is 0 Å². The van der Waals surface area contributed by atoms with Crippen LogP contribution in [0.3, 0.4) is 0 Å². The van der Waals surface area contributed by atoms with Crippen molar-refractivity contribution in [2.24, 2.45) is 4.99 Å². The van der Waals surface area contributed by atoms with Crippen LogP contribution in [-0.2, 0) is 6.54 Å². The molecule has 0 radical (unpaired) electrons. The minimum absolute atomic E-state index is 0.352. The van der Waals surface area contributed by atoms with E-state index in [1.165, 1.54) is 29.8 Å². The fraction of sp³-hybridized carbons (Fsp3) is 0.588. The SMILES string of the molecule is CN=C(NCc1ccc(N(C)C)cc1)NCC1(C)CCCS1. The number of benzene rings is 1.